The molecule has 0 spiro atoms. The number of aliphatic hydroxyl groups excluding tert-OH is 1. The van der Waals surface area contributed by atoms with Gasteiger partial charge in [-0.1, -0.05) is 0 Å². The number of carbonyl (C=O) groups excluding carboxylic acids is 2. The lowest BCUT2D eigenvalue weighted by atomic mass is 9.97. The van der Waals surface area contributed by atoms with Gasteiger partial charge in [0.2, 0.25) is 5.91 Å². The molecule has 8 heteroatoms. The van der Waals surface area contributed by atoms with Gasteiger partial charge in [-0.2, -0.15) is 0 Å². The van der Waals surface area contributed by atoms with E-state index in [0.29, 0.717) is 24.9 Å². The van der Waals surface area contributed by atoms with Gasteiger partial charge in [0.15, 0.2) is 0 Å². The maximum absolute atomic E-state index is 12.9. The van der Waals surface area contributed by atoms with E-state index in [2.05, 4.69) is 26.5 Å². The molecule has 8 nitrogen and oxygen atoms in total. The van der Waals surface area contributed by atoms with Crippen molar-refractivity contribution in [3.8, 4) is 0 Å². The van der Waals surface area contributed by atoms with Gasteiger partial charge >= 0.3 is 0 Å². The number of amides is 2. The highest BCUT2D eigenvalue weighted by molar-refractivity contribution is 6.01. The Hall–Kier alpha value is -2.16. The van der Waals surface area contributed by atoms with E-state index in [1.54, 1.807) is 4.90 Å². The van der Waals surface area contributed by atoms with Crippen LogP contribution in [0.5, 0.6) is 0 Å². The van der Waals surface area contributed by atoms with Crippen LogP contribution in [0.3, 0.4) is 0 Å². The molecule has 0 radical (unpaired) electrons. The van der Waals surface area contributed by atoms with E-state index in [1.807, 2.05) is 12.1 Å². The minimum absolute atomic E-state index is 0.0788. The first kappa shape index (κ1) is 20.7. The van der Waals surface area contributed by atoms with Crippen molar-refractivity contribution in [1.29, 1.82) is 0 Å². The molecule has 0 aromatic heterocycles. The predicted octanol–water partition coefficient (Wildman–Crippen LogP) is 0.361. The van der Waals surface area contributed by atoms with Crippen LogP contribution in [-0.2, 0) is 11.3 Å². The third-order valence-electron chi connectivity index (χ3n) is 7.33. The van der Waals surface area contributed by atoms with Crippen molar-refractivity contribution in [3.63, 3.8) is 0 Å². The number of aliphatic hydroxyl groups is 1. The summed E-state index contributed by atoms with van der Waals surface area (Å²) in [5.74, 6) is 0.484. The SMILES string of the molecule is O=C1NC(O)CC[C@@H]1N1Cc2cc(N3CCN(CC4CCNCC4)CC3)ccc2C1=O. The molecule has 1 aromatic carbocycles. The number of nitrogens with zero attached hydrogens (tertiary/aromatic N) is 3. The molecule has 2 atom stereocenters. The van der Waals surface area contributed by atoms with Crippen molar-refractivity contribution in [1.82, 2.24) is 20.4 Å². The molecule has 2 amide bonds. The number of anilines is 1. The summed E-state index contributed by atoms with van der Waals surface area (Å²) >= 11 is 0. The van der Waals surface area contributed by atoms with Gasteiger partial charge in [0.05, 0.1) is 0 Å². The highest BCUT2D eigenvalue weighted by Crippen LogP contribution is 2.31. The van der Waals surface area contributed by atoms with Crippen LogP contribution in [0.15, 0.2) is 18.2 Å². The fraction of sp³-hybridized carbons (Fsp3) is 0.652. The van der Waals surface area contributed by atoms with Gasteiger partial charge in [0.25, 0.3) is 5.91 Å². The smallest absolute Gasteiger partial charge is 0.255 e. The molecule has 0 saturated carbocycles. The maximum atomic E-state index is 12.9. The van der Waals surface area contributed by atoms with Crippen molar-refractivity contribution in [2.24, 2.45) is 5.92 Å². The summed E-state index contributed by atoms with van der Waals surface area (Å²) in [5, 5.41) is 15.6. The van der Waals surface area contributed by atoms with E-state index in [0.717, 1.165) is 50.7 Å². The standard InChI is InChI=1S/C23H33N5O3/c29-21-4-3-20(22(30)25-21)28-15-17-13-18(1-2-19(17)23(28)31)27-11-9-26(10-12-27)14-16-5-7-24-8-6-16/h1-2,13,16,20-21,24,29H,3-12,14-15H2,(H,25,30)/t20-,21?/m0/s1. The molecule has 5 rings (SSSR count). The second kappa shape index (κ2) is 8.76. The number of rotatable bonds is 4. The summed E-state index contributed by atoms with van der Waals surface area (Å²) in [7, 11) is 0. The van der Waals surface area contributed by atoms with Crippen molar-refractivity contribution in [3.05, 3.63) is 29.3 Å². The number of hydrogen-bond acceptors (Lipinski definition) is 6. The largest absolute Gasteiger partial charge is 0.374 e. The summed E-state index contributed by atoms with van der Waals surface area (Å²) in [6.45, 7) is 8.15. The second-order valence-corrected chi connectivity index (χ2v) is 9.37. The first-order valence-corrected chi connectivity index (χ1v) is 11.7. The number of piperidine rings is 2. The Balaban J connectivity index is 1.20. The molecule has 4 aliphatic heterocycles. The van der Waals surface area contributed by atoms with E-state index in [-0.39, 0.29) is 11.8 Å². The molecule has 4 heterocycles. The monoisotopic (exact) mass is 427 g/mol. The topological polar surface area (TPSA) is 88.2 Å². The lowest BCUT2D eigenvalue weighted by molar-refractivity contribution is -0.132. The number of benzene rings is 1. The average Bonchev–Trinajstić information content (AvgIpc) is 3.10. The zero-order valence-electron chi connectivity index (χ0n) is 18.1. The number of fused-ring (bicyclic) bond motifs is 1. The first-order chi connectivity index (χ1) is 15.1. The highest BCUT2D eigenvalue weighted by atomic mass is 16.3. The normalized spacial score (nSPS) is 28.0. The van der Waals surface area contributed by atoms with Crippen molar-refractivity contribution >= 4 is 17.5 Å². The number of nitrogens with one attached hydrogen (secondary N) is 2. The van der Waals surface area contributed by atoms with Gasteiger partial charge in [-0.25, -0.2) is 0 Å². The maximum Gasteiger partial charge on any atom is 0.255 e. The van der Waals surface area contributed by atoms with Crippen molar-refractivity contribution in [2.75, 3.05) is 50.7 Å². The predicted molar refractivity (Wildman–Crippen MR) is 118 cm³/mol. The molecule has 3 saturated heterocycles. The summed E-state index contributed by atoms with van der Waals surface area (Å²) in [6, 6.07) is 5.60. The molecule has 3 N–H and O–H groups in total. The van der Waals surface area contributed by atoms with Crippen LogP contribution in [0.4, 0.5) is 5.69 Å². The summed E-state index contributed by atoms with van der Waals surface area (Å²) in [6.07, 6.45) is 2.74. The van der Waals surface area contributed by atoms with Crippen LogP contribution in [0, 0.1) is 5.92 Å². The van der Waals surface area contributed by atoms with Gasteiger partial charge in [-0.15, -0.1) is 0 Å². The van der Waals surface area contributed by atoms with E-state index in [1.165, 1.54) is 25.1 Å². The fourth-order valence-electron chi connectivity index (χ4n) is 5.47. The van der Waals surface area contributed by atoms with Crippen LogP contribution in [-0.4, -0.2) is 84.8 Å². The van der Waals surface area contributed by atoms with E-state index >= 15 is 0 Å². The lowest BCUT2D eigenvalue weighted by Gasteiger charge is -2.38. The second-order valence-electron chi connectivity index (χ2n) is 9.37. The van der Waals surface area contributed by atoms with Crippen LogP contribution in [0.1, 0.15) is 41.6 Å². The molecule has 0 aliphatic carbocycles. The number of piperazine rings is 1. The Morgan fingerprint density at radius 3 is 2.52 bits per heavy atom. The molecule has 1 aromatic rings. The Morgan fingerprint density at radius 1 is 1.00 bits per heavy atom. The van der Waals surface area contributed by atoms with E-state index < -0.39 is 12.3 Å². The number of hydrogen-bond donors (Lipinski definition) is 3. The van der Waals surface area contributed by atoms with Gasteiger partial charge in [0.1, 0.15) is 12.3 Å². The summed E-state index contributed by atoms with van der Waals surface area (Å²) in [4.78, 5) is 31.9. The van der Waals surface area contributed by atoms with Crippen LogP contribution < -0.4 is 15.5 Å². The first-order valence-electron chi connectivity index (χ1n) is 11.7. The molecule has 1 unspecified atom stereocenters. The van der Waals surface area contributed by atoms with Crippen molar-refractivity contribution < 1.29 is 14.7 Å². The number of carbonyl (C=O) groups is 2. The molecular weight excluding hydrogens is 394 g/mol. The molecule has 4 aliphatic rings. The zero-order valence-corrected chi connectivity index (χ0v) is 18.1. The Morgan fingerprint density at radius 2 is 1.77 bits per heavy atom. The minimum atomic E-state index is -0.802. The van der Waals surface area contributed by atoms with Crippen LogP contribution in [0.25, 0.3) is 0 Å². The third-order valence-corrected chi connectivity index (χ3v) is 7.33. The average molecular weight is 428 g/mol. The van der Waals surface area contributed by atoms with Crippen LogP contribution >= 0.6 is 0 Å². The van der Waals surface area contributed by atoms with E-state index in [9.17, 15) is 14.7 Å². The van der Waals surface area contributed by atoms with Gasteiger partial charge in [-0.05, 0) is 68.5 Å². The minimum Gasteiger partial charge on any atom is -0.374 e. The Labute approximate surface area is 183 Å². The summed E-state index contributed by atoms with van der Waals surface area (Å²) in [5.41, 5.74) is 2.87. The van der Waals surface area contributed by atoms with Gasteiger partial charge in [-0.3, -0.25) is 14.5 Å². The molecule has 0 bridgehead atoms. The molecule has 31 heavy (non-hydrogen) atoms. The molecule has 3 fully saturated rings. The Bertz CT molecular complexity index is 833. The molecular formula is C23H33N5O3. The van der Waals surface area contributed by atoms with Gasteiger partial charge in [0, 0.05) is 50.5 Å². The van der Waals surface area contributed by atoms with Crippen molar-refractivity contribution in [2.45, 2.75) is 44.5 Å². The summed E-state index contributed by atoms with van der Waals surface area (Å²) < 4.78 is 0. The van der Waals surface area contributed by atoms with Crippen LogP contribution in [0.2, 0.25) is 0 Å². The quantitative estimate of drug-likeness (QED) is 0.643. The zero-order chi connectivity index (χ0) is 21.4. The Kier molecular flexibility index (Phi) is 5.86. The fourth-order valence-corrected chi connectivity index (χ4v) is 5.47. The third kappa shape index (κ3) is 4.29. The van der Waals surface area contributed by atoms with Gasteiger partial charge < -0.3 is 25.5 Å². The van der Waals surface area contributed by atoms with E-state index in [4.69, 9.17) is 0 Å². The highest BCUT2D eigenvalue weighted by Gasteiger charge is 2.39. The lowest BCUT2D eigenvalue weighted by Crippen LogP contribution is -2.54. The molecule has 168 valence electrons.